The Kier molecular flexibility index (Phi) is 3.51. The van der Waals surface area contributed by atoms with Gasteiger partial charge in [0, 0.05) is 11.1 Å². The van der Waals surface area contributed by atoms with Crippen molar-refractivity contribution in [1.82, 2.24) is 19.9 Å². The van der Waals surface area contributed by atoms with Crippen molar-refractivity contribution in [3.63, 3.8) is 0 Å². The Morgan fingerprint density at radius 3 is 2.21 bits per heavy atom. The quantitative estimate of drug-likeness (QED) is 0.574. The van der Waals surface area contributed by atoms with Crippen molar-refractivity contribution < 1.29 is 9.05 Å². The van der Waals surface area contributed by atoms with Crippen LogP contribution in [0, 0.1) is 0 Å². The summed E-state index contributed by atoms with van der Waals surface area (Å²) in [6, 6.07) is 18.8. The van der Waals surface area contributed by atoms with Crippen LogP contribution in [0.1, 0.15) is 5.89 Å². The summed E-state index contributed by atoms with van der Waals surface area (Å²) < 4.78 is 11.4. The Balaban J connectivity index is 1.67. The zero-order valence-electron chi connectivity index (χ0n) is 12.5. The molecule has 0 radical (unpaired) electrons. The molecule has 2 aromatic heterocycles. The molecule has 118 valence electrons. The number of rotatable bonds is 4. The average molecular weight is 320 g/mol. The van der Waals surface area contributed by atoms with E-state index in [0.717, 1.165) is 11.1 Å². The Labute approximate surface area is 136 Å². The van der Waals surface area contributed by atoms with E-state index < -0.39 is 5.76 Å². The van der Waals surface area contributed by atoms with Gasteiger partial charge in [0.15, 0.2) is 5.82 Å². The SMILES string of the molecule is O=c1onc(-c2ccccc2)n1Cc1nc(-c2ccccc2)no1. The summed E-state index contributed by atoms with van der Waals surface area (Å²) >= 11 is 0. The highest BCUT2D eigenvalue weighted by Crippen LogP contribution is 2.18. The fourth-order valence-corrected chi connectivity index (χ4v) is 2.36. The zero-order valence-corrected chi connectivity index (χ0v) is 12.5. The topological polar surface area (TPSA) is 87.0 Å². The first kappa shape index (κ1) is 14.1. The van der Waals surface area contributed by atoms with Crippen LogP contribution in [0.4, 0.5) is 0 Å². The third kappa shape index (κ3) is 2.63. The van der Waals surface area contributed by atoms with Crippen LogP contribution in [-0.2, 0) is 6.54 Å². The molecule has 0 amide bonds. The van der Waals surface area contributed by atoms with Crippen molar-refractivity contribution in [2.24, 2.45) is 0 Å². The van der Waals surface area contributed by atoms with Gasteiger partial charge in [-0.05, 0) is 0 Å². The molecule has 0 bridgehead atoms. The summed E-state index contributed by atoms with van der Waals surface area (Å²) in [4.78, 5) is 16.3. The molecule has 24 heavy (non-hydrogen) atoms. The van der Waals surface area contributed by atoms with Gasteiger partial charge in [0.1, 0.15) is 6.54 Å². The summed E-state index contributed by atoms with van der Waals surface area (Å²) in [5.41, 5.74) is 1.61. The molecule has 7 heteroatoms. The molecule has 0 saturated carbocycles. The maximum absolute atomic E-state index is 11.9. The lowest BCUT2D eigenvalue weighted by molar-refractivity contribution is 0.354. The van der Waals surface area contributed by atoms with E-state index in [9.17, 15) is 4.79 Å². The standard InChI is InChI=1S/C17H12N4O3/c22-17-21(16(20-24-17)13-9-5-2-6-10-13)11-14-18-15(19-23-14)12-7-3-1-4-8-12/h1-10H,11H2. The monoisotopic (exact) mass is 320 g/mol. The normalized spacial score (nSPS) is 10.8. The Morgan fingerprint density at radius 2 is 1.50 bits per heavy atom. The van der Waals surface area contributed by atoms with Crippen molar-refractivity contribution in [2.75, 3.05) is 0 Å². The van der Waals surface area contributed by atoms with Crippen LogP contribution in [-0.4, -0.2) is 19.9 Å². The van der Waals surface area contributed by atoms with E-state index in [4.69, 9.17) is 9.05 Å². The maximum atomic E-state index is 11.9. The summed E-state index contributed by atoms with van der Waals surface area (Å²) in [6.45, 7) is 0.0897. The van der Waals surface area contributed by atoms with Gasteiger partial charge in [-0.3, -0.25) is 4.52 Å². The Bertz CT molecular complexity index is 1000. The molecule has 0 saturated heterocycles. The number of benzene rings is 2. The molecule has 7 nitrogen and oxygen atoms in total. The molecule has 4 aromatic rings. The van der Waals surface area contributed by atoms with E-state index in [1.807, 2.05) is 60.7 Å². The molecule has 0 aliphatic carbocycles. The van der Waals surface area contributed by atoms with Crippen molar-refractivity contribution in [1.29, 1.82) is 0 Å². The van der Waals surface area contributed by atoms with Gasteiger partial charge in [0.25, 0.3) is 0 Å². The second-order valence-corrected chi connectivity index (χ2v) is 5.10. The summed E-state index contributed by atoms with van der Waals surface area (Å²) in [5, 5.41) is 7.78. The lowest BCUT2D eigenvalue weighted by atomic mass is 10.2. The predicted molar refractivity (Wildman–Crippen MR) is 85.0 cm³/mol. The fraction of sp³-hybridized carbons (Fsp3) is 0.0588. The number of hydrogen-bond acceptors (Lipinski definition) is 6. The minimum atomic E-state index is -0.576. The van der Waals surface area contributed by atoms with Crippen LogP contribution in [0.25, 0.3) is 22.8 Å². The highest BCUT2D eigenvalue weighted by molar-refractivity contribution is 5.55. The van der Waals surface area contributed by atoms with Gasteiger partial charge in [-0.2, -0.15) is 4.98 Å². The zero-order chi connectivity index (χ0) is 16.4. The minimum Gasteiger partial charge on any atom is -0.337 e. The number of aromatic nitrogens is 4. The second kappa shape index (κ2) is 5.96. The first-order chi connectivity index (χ1) is 11.8. The third-order valence-corrected chi connectivity index (χ3v) is 3.51. The first-order valence-corrected chi connectivity index (χ1v) is 7.31. The van der Waals surface area contributed by atoms with Crippen molar-refractivity contribution in [3.05, 3.63) is 77.1 Å². The maximum Gasteiger partial charge on any atom is 0.442 e. The minimum absolute atomic E-state index is 0.0897. The van der Waals surface area contributed by atoms with Gasteiger partial charge in [0.05, 0.1) is 0 Å². The molecular weight excluding hydrogens is 308 g/mol. The Morgan fingerprint density at radius 1 is 0.833 bits per heavy atom. The van der Waals surface area contributed by atoms with Crippen molar-refractivity contribution >= 4 is 0 Å². The highest BCUT2D eigenvalue weighted by Gasteiger charge is 2.16. The lowest BCUT2D eigenvalue weighted by Crippen LogP contribution is -2.16. The Hall–Kier alpha value is -3.48. The molecule has 0 N–H and O–H groups in total. The predicted octanol–water partition coefficient (Wildman–Crippen LogP) is 2.60. The van der Waals surface area contributed by atoms with Crippen LogP contribution in [0.5, 0.6) is 0 Å². The molecule has 2 aromatic carbocycles. The highest BCUT2D eigenvalue weighted by atomic mass is 16.5. The smallest absolute Gasteiger partial charge is 0.337 e. The van der Waals surface area contributed by atoms with Gasteiger partial charge >= 0.3 is 5.76 Å². The molecular formula is C17H12N4O3. The summed E-state index contributed by atoms with van der Waals surface area (Å²) in [6.07, 6.45) is 0. The summed E-state index contributed by atoms with van der Waals surface area (Å²) in [7, 11) is 0. The second-order valence-electron chi connectivity index (χ2n) is 5.10. The lowest BCUT2D eigenvalue weighted by Gasteiger charge is -2.00. The van der Waals surface area contributed by atoms with E-state index in [-0.39, 0.29) is 6.54 Å². The molecule has 4 rings (SSSR count). The largest absolute Gasteiger partial charge is 0.442 e. The average Bonchev–Trinajstić information content (AvgIpc) is 3.25. The van der Waals surface area contributed by atoms with Crippen molar-refractivity contribution in [3.8, 4) is 22.8 Å². The van der Waals surface area contributed by atoms with Gasteiger partial charge < -0.3 is 4.52 Å². The van der Waals surface area contributed by atoms with Gasteiger partial charge in [-0.15, -0.1) is 0 Å². The summed E-state index contributed by atoms with van der Waals surface area (Å²) in [5.74, 6) is 0.612. The van der Waals surface area contributed by atoms with E-state index in [2.05, 4.69) is 15.3 Å². The fourth-order valence-electron chi connectivity index (χ4n) is 2.36. The van der Waals surface area contributed by atoms with Crippen LogP contribution in [0.3, 0.4) is 0 Å². The van der Waals surface area contributed by atoms with Crippen LogP contribution in [0.15, 0.2) is 74.5 Å². The van der Waals surface area contributed by atoms with E-state index in [1.54, 1.807) is 0 Å². The molecule has 0 aliphatic rings. The molecule has 0 unspecified atom stereocenters. The third-order valence-electron chi connectivity index (χ3n) is 3.51. The molecule has 0 atom stereocenters. The van der Waals surface area contributed by atoms with E-state index >= 15 is 0 Å². The molecule has 0 spiro atoms. The van der Waals surface area contributed by atoms with Crippen LogP contribution < -0.4 is 5.76 Å². The molecule has 0 aliphatic heterocycles. The molecule has 2 heterocycles. The van der Waals surface area contributed by atoms with E-state index in [1.165, 1.54) is 4.57 Å². The van der Waals surface area contributed by atoms with E-state index in [0.29, 0.717) is 17.5 Å². The van der Waals surface area contributed by atoms with Gasteiger partial charge in [0.2, 0.25) is 11.7 Å². The van der Waals surface area contributed by atoms with Crippen LogP contribution in [0.2, 0.25) is 0 Å². The number of hydrogen-bond donors (Lipinski definition) is 0. The van der Waals surface area contributed by atoms with Crippen molar-refractivity contribution in [2.45, 2.75) is 6.54 Å². The van der Waals surface area contributed by atoms with Gasteiger partial charge in [-0.25, -0.2) is 9.36 Å². The number of nitrogens with zero attached hydrogens (tertiary/aromatic N) is 4. The first-order valence-electron chi connectivity index (χ1n) is 7.31. The molecule has 0 fully saturated rings. The van der Waals surface area contributed by atoms with Gasteiger partial charge in [-0.1, -0.05) is 71.0 Å². The van der Waals surface area contributed by atoms with Crippen LogP contribution >= 0.6 is 0 Å².